The van der Waals surface area contributed by atoms with Crippen molar-refractivity contribution in [1.82, 2.24) is 5.32 Å². The predicted octanol–water partition coefficient (Wildman–Crippen LogP) is 2.56. The van der Waals surface area contributed by atoms with Crippen molar-refractivity contribution >= 4 is 0 Å². The molecule has 0 aromatic heterocycles. The van der Waals surface area contributed by atoms with E-state index in [0.717, 1.165) is 25.3 Å². The van der Waals surface area contributed by atoms with Crippen molar-refractivity contribution in [2.45, 2.75) is 65.0 Å². The molecule has 0 amide bonds. The number of aliphatic hydroxyl groups is 1. The maximum absolute atomic E-state index is 10.2. The Balaban J connectivity index is 2.16. The highest BCUT2D eigenvalue weighted by Crippen LogP contribution is 2.32. The van der Waals surface area contributed by atoms with Crippen molar-refractivity contribution in [1.29, 1.82) is 0 Å². The molecule has 1 rings (SSSR count). The zero-order valence-electron chi connectivity index (χ0n) is 10.7. The zero-order chi connectivity index (χ0) is 11.5. The molecule has 0 spiro atoms. The summed E-state index contributed by atoms with van der Waals surface area (Å²) < 4.78 is 0. The summed E-state index contributed by atoms with van der Waals surface area (Å²) in [6, 6.07) is 0.579. The van der Waals surface area contributed by atoms with Crippen LogP contribution >= 0.6 is 0 Å². The van der Waals surface area contributed by atoms with E-state index in [0.29, 0.717) is 12.0 Å². The van der Waals surface area contributed by atoms with Crippen LogP contribution in [-0.4, -0.2) is 23.3 Å². The first-order chi connectivity index (χ1) is 6.91. The molecule has 2 unspecified atom stereocenters. The Kier molecular flexibility index (Phi) is 4.60. The lowest BCUT2D eigenvalue weighted by molar-refractivity contribution is 0.0424. The van der Waals surface area contributed by atoms with Crippen LogP contribution in [0.3, 0.4) is 0 Å². The van der Waals surface area contributed by atoms with E-state index in [4.69, 9.17) is 0 Å². The molecule has 15 heavy (non-hydrogen) atoms. The lowest BCUT2D eigenvalue weighted by Crippen LogP contribution is -2.42. The summed E-state index contributed by atoms with van der Waals surface area (Å²) in [5, 5.41) is 13.6. The Hall–Kier alpha value is -0.0800. The summed E-state index contributed by atoms with van der Waals surface area (Å²) >= 11 is 0. The average Bonchev–Trinajstić information content (AvgIpc) is 2.94. The predicted molar refractivity (Wildman–Crippen MR) is 64.9 cm³/mol. The third kappa shape index (κ3) is 5.53. The van der Waals surface area contributed by atoms with Gasteiger partial charge < -0.3 is 10.4 Å². The van der Waals surface area contributed by atoms with Crippen molar-refractivity contribution in [3.8, 4) is 0 Å². The van der Waals surface area contributed by atoms with Crippen LogP contribution < -0.4 is 5.32 Å². The SMILES string of the molecule is CC(C)CCC(C)(O)CNC(C)C1CC1. The van der Waals surface area contributed by atoms with Gasteiger partial charge in [0, 0.05) is 12.6 Å². The molecule has 0 radical (unpaired) electrons. The summed E-state index contributed by atoms with van der Waals surface area (Å²) in [4.78, 5) is 0. The second-order valence-electron chi connectivity index (χ2n) is 5.94. The van der Waals surface area contributed by atoms with Crippen LogP contribution in [0, 0.1) is 11.8 Å². The lowest BCUT2D eigenvalue weighted by atomic mass is 9.95. The molecule has 0 bridgehead atoms. The highest BCUT2D eigenvalue weighted by molar-refractivity contribution is 4.86. The normalized spacial score (nSPS) is 22.8. The standard InChI is InChI=1S/C13H27NO/c1-10(2)7-8-13(4,15)9-14-11(3)12-5-6-12/h10-12,14-15H,5-9H2,1-4H3. The molecule has 0 heterocycles. The molecule has 1 saturated carbocycles. The van der Waals surface area contributed by atoms with Gasteiger partial charge in [0.05, 0.1) is 5.60 Å². The fourth-order valence-corrected chi connectivity index (χ4v) is 1.83. The van der Waals surface area contributed by atoms with Gasteiger partial charge >= 0.3 is 0 Å². The molecule has 0 saturated heterocycles. The Labute approximate surface area is 94.5 Å². The van der Waals surface area contributed by atoms with E-state index in [1.165, 1.54) is 12.8 Å². The molecule has 2 nitrogen and oxygen atoms in total. The third-order valence-corrected chi connectivity index (χ3v) is 3.39. The molecule has 0 aromatic carbocycles. The molecule has 1 aliphatic carbocycles. The van der Waals surface area contributed by atoms with Gasteiger partial charge in [-0.1, -0.05) is 13.8 Å². The van der Waals surface area contributed by atoms with Crippen LogP contribution in [0.15, 0.2) is 0 Å². The number of nitrogens with one attached hydrogen (secondary N) is 1. The van der Waals surface area contributed by atoms with E-state index in [9.17, 15) is 5.11 Å². The van der Waals surface area contributed by atoms with Crippen LogP contribution in [0.4, 0.5) is 0 Å². The van der Waals surface area contributed by atoms with Crippen molar-refractivity contribution < 1.29 is 5.11 Å². The second-order valence-corrected chi connectivity index (χ2v) is 5.94. The minimum atomic E-state index is -0.534. The highest BCUT2D eigenvalue weighted by Gasteiger charge is 2.29. The topological polar surface area (TPSA) is 32.3 Å². The molecule has 1 fully saturated rings. The summed E-state index contributed by atoms with van der Waals surface area (Å²) in [5.74, 6) is 1.54. The largest absolute Gasteiger partial charge is 0.389 e. The highest BCUT2D eigenvalue weighted by atomic mass is 16.3. The second kappa shape index (κ2) is 5.31. The van der Waals surface area contributed by atoms with Gasteiger partial charge in [0.2, 0.25) is 0 Å². The fourth-order valence-electron chi connectivity index (χ4n) is 1.83. The summed E-state index contributed by atoms with van der Waals surface area (Å²) in [5.41, 5.74) is -0.534. The molecule has 0 aliphatic heterocycles. The third-order valence-electron chi connectivity index (χ3n) is 3.39. The molecular formula is C13H27NO. The monoisotopic (exact) mass is 213 g/mol. The van der Waals surface area contributed by atoms with Crippen LogP contribution in [0.25, 0.3) is 0 Å². The van der Waals surface area contributed by atoms with Gasteiger partial charge in [-0.2, -0.15) is 0 Å². The van der Waals surface area contributed by atoms with E-state index in [1.807, 2.05) is 6.92 Å². The van der Waals surface area contributed by atoms with Gasteiger partial charge in [0.15, 0.2) is 0 Å². The molecule has 2 heteroatoms. The van der Waals surface area contributed by atoms with Gasteiger partial charge in [-0.05, 0) is 51.4 Å². The summed E-state index contributed by atoms with van der Waals surface area (Å²) in [6.07, 6.45) is 4.73. The minimum absolute atomic E-state index is 0.534. The maximum Gasteiger partial charge on any atom is 0.0743 e. The van der Waals surface area contributed by atoms with Crippen LogP contribution in [0.1, 0.15) is 53.4 Å². The Morgan fingerprint density at radius 2 is 1.93 bits per heavy atom. The quantitative estimate of drug-likeness (QED) is 0.681. The van der Waals surface area contributed by atoms with E-state index in [-0.39, 0.29) is 0 Å². The lowest BCUT2D eigenvalue weighted by Gasteiger charge is -2.26. The minimum Gasteiger partial charge on any atom is -0.389 e. The van der Waals surface area contributed by atoms with Crippen molar-refractivity contribution in [3.63, 3.8) is 0 Å². The number of hydrogen-bond donors (Lipinski definition) is 2. The van der Waals surface area contributed by atoms with Gasteiger partial charge in [0.1, 0.15) is 0 Å². The molecule has 1 aliphatic rings. The Morgan fingerprint density at radius 3 is 2.40 bits per heavy atom. The first kappa shape index (κ1) is 13.0. The zero-order valence-corrected chi connectivity index (χ0v) is 10.7. The van der Waals surface area contributed by atoms with Crippen LogP contribution in [0.2, 0.25) is 0 Å². The van der Waals surface area contributed by atoms with Crippen LogP contribution in [-0.2, 0) is 0 Å². The van der Waals surface area contributed by atoms with Crippen molar-refractivity contribution in [2.75, 3.05) is 6.54 Å². The molecule has 0 aromatic rings. The number of hydrogen-bond acceptors (Lipinski definition) is 2. The fraction of sp³-hybridized carbons (Fsp3) is 1.00. The van der Waals surface area contributed by atoms with Gasteiger partial charge in [-0.15, -0.1) is 0 Å². The van der Waals surface area contributed by atoms with Crippen molar-refractivity contribution in [2.24, 2.45) is 11.8 Å². The van der Waals surface area contributed by atoms with Gasteiger partial charge in [-0.3, -0.25) is 0 Å². The summed E-state index contributed by atoms with van der Waals surface area (Å²) in [6.45, 7) is 9.32. The van der Waals surface area contributed by atoms with E-state index < -0.39 is 5.60 Å². The summed E-state index contributed by atoms with van der Waals surface area (Å²) in [7, 11) is 0. The smallest absolute Gasteiger partial charge is 0.0743 e. The average molecular weight is 213 g/mol. The molecule has 2 N–H and O–H groups in total. The molecular weight excluding hydrogens is 186 g/mol. The Morgan fingerprint density at radius 1 is 1.33 bits per heavy atom. The van der Waals surface area contributed by atoms with E-state index in [2.05, 4.69) is 26.1 Å². The maximum atomic E-state index is 10.2. The van der Waals surface area contributed by atoms with Gasteiger partial charge in [0.25, 0.3) is 0 Å². The van der Waals surface area contributed by atoms with Crippen molar-refractivity contribution in [3.05, 3.63) is 0 Å². The number of rotatable bonds is 7. The molecule has 90 valence electrons. The molecule has 2 atom stereocenters. The van der Waals surface area contributed by atoms with Gasteiger partial charge in [-0.25, -0.2) is 0 Å². The van der Waals surface area contributed by atoms with E-state index >= 15 is 0 Å². The van der Waals surface area contributed by atoms with E-state index in [1.54, 1.807) is 0 Å². The Bertz CT molecular complexity index is 185. The first-order valence-electron chi connectivity index (χ1n) is 6.36. The van der Waals surface area contributed by atoms with Crippen LogP contribution in [0.5, 0.6) is 0 Å². The first-order valence-corrected chi connectivity index (χ1v) is 6.36.